The van der Waals surface area contributed by atoms with Crippen molar-refractivity contribution < 1.29 is 18.9 Å². The molecule has 0 spiro atoms. The quantitative estimate of drug-likeness (QED) is 0.117. The van der Waals surface area contributed by atoms with Crippen LogP contribution in [-0.4, -0.2) is 26.4 Å². The van der Waals surface area contributed by atoms with Crippen molar-refractivity contribution >= 4 is 23.3 Å². The first kappa shape index (κ1) is 32.2. The fraction of sp³-hybridized carbons (Fsp3) is 0.190. The van der Waals surface area contributed by atoms with E-state index < -0.39 is 0 Å². The van der Waals surface area contributed by atoms with E-state index in [-0.39, 0.29) is 0 Å². The molecule has 4 heteroatoms. The summed E-state index contributed by atoms with van der Waals surface area (Å²) in [7, 11) is 0. The van der Waals surface area contributed by atoms with Crippen LogP contribution in [0.25, 0.3) is 23.3 Å². The molecule has 0 aliphatic rings. The van der Waals surface area contributed by atoms with Crippen molar-refractivity contribution in [3.63, 3.8) is 0 Å². The third-order valence-electron chi connectivity index (χ3n) is 7.46. The van der Waals surface area contributed by atoms with Gasteiger partial charge in [-0.15, -0.1) is 0 Å². The Labute approximate surface area is 273 Å². The third kappa shape index (κ3) is 8.48. The zero-order valence-corrected chi connectivity index (χ0v) is 27.2. The predicted molar refractivity (Wildman–Crippen MR) is 191 cm³/mol. The van der Waals surface area contributed by atoms with Gasteiger partial charge in [-0.05, 0) is 133 Å². The number of hydrogen-bond donors (Lipinski definition) is 0. The van der Waals surface area contributed by atoms with Gasteiger partial charge in [0.1, 0.15) is 23.0 Å². The van der Waals surface area contributed by atoms with Gasteiger partial charge in [0.15, 0.2) is 0 Å². The van der Waals surface area contributed by atoms with Gasteiger partial charge in [0.2, 0.25) is 0 Å². The molecule has 0 radical (unpaired) electrons. The van der Waals surface area contributed by atoms with Gasteiger partial charge >= 0.3 is 0 Å². The molecule has 0 heterocycles. The largest absolute Gasteiger partial charge is 0.494 e. The molecule has 0 amide bonds. The first-order valence-electron chi connectivity index (χ1n) is 16.1. The minimum absolute atomic E-state index is 0.639. The van der Waals surface area contributed by atoms with E-state index in [9.17, 15) is 0 Å². The van der Waals surface area contributed by atoms with E-state index in [0.717, 1.165) is 67.5 Å². The zero-order chi connectivity index (χ0) is 32.1. The molecular formula is C42H42O4. The van der Waals surface area contributed by atoms with Gasteiger partial charge in [-0.3, -0.25) is 0 Å². The molecule has 0 saturated carbocycles. The predicted octanol–water partition coefficient (Wildman–Crippen LogP) is 10.5. The average molecular weight is 611 g/mol. The molecule has 4 nitrogen and oxygen atoms in total. The summed E-state index contributed by atoms with van der Waals surface area (Å²) in [4.78, 5) is 0. The summed E-state index contributed by atoms with van der Waals surface area (Å²) in [5.41, 5.74) is 8.93. The van der Waals surface area contributed by atoms with E-state index in [4.69, 9.17) is 18.9 Å². The van der Waals surface area contributed by atoms with Gasteiger partial charge in [-0.25, -0.2) is 0 Å². The lowest BCUT2D eigenvalue weighted by molar-refractivity contribution is 0.340. The maximum atomic E-state index is 5.70. The molecule has 5 rings (SSSR count). The topological polar surface area (TPSA) is 36.9 Å². The van der Waals surface area contributed by atoms with Gasteiger partial charge in [0, 0.05) is 0 Å². The molecule has 0 N–H and O–H groups in total. The Hall–Kier alpha value is -5.22. The van der Waals surface area contributed by atoms with Crippen molar-refractivity contribution in [3.05, 3.63) is 155 Å². The van der Waals surface area contributed by atoms with Crippen molar-refractivity contribution in [3.8, 4) is 23.0 Å². The van der Waals surface area contributed by atoms with Crippen LogP contribution in [0.2, 0.25) is 0 Å². The molecule has 0 unspecified atom stereocenters. The minimum Gasteiger partial charge on any atom is -0.494 e. The second-order valence-corrected chi connectivity index (χ2v) is 10.6. The minimum atomic E-state index is 0.639. The summed E-state index contributed by atoms with van der Waals surface area (Å²) in [5.74, 6) is 3.46. The normalized spacial score (nSPS) is 10.5. The van der Waals surface area contributed by atoms with Crippen LogP contribution in [0.3, 0.4) is 0 Å². The van der Waals surface area contributed by atoms with Gasteiger partial charge in [0.05, 0.1) is 26.4 Å². The number of benzene rings is 5. The second kappa shape index (κ2) is 16.2. The molecule has 46 heavy (non-hydrogen) atoms. The highest BCUT2D eigenvalue weighted by molar-refractivity contribution is 5.93. The smallest absolute Gasteiger partial charge is 0.119 e. The zero-order valence-electron chi connectivity index (χ0n) is 27.2. The van der Waals surface area contributed by atoms with Crippen LogP contribution in [0.4, 0.5) is 0 Å². The molecule has 5 aromatic carbocycles. The summed E-state index contributed by atoms with van der Waals surface area (Å²) < 4.78 is 22.8. The van der Waals surface area contributed by atoms with Crippen molar-refractivity contribution in [2.45, 2.75) is 27.7 Å². The van der Waals surface area contributed by atoms with Crippen LogP contribution >= 0.6 is 0 Å². The Kier molecular flexibility index (Phi) is 11.3. The van der Waals surface area contributed by atoms with Crippen molar-refractivity contribution in [2.24, 2.45) is 0 Å². The van der Waals surface area contributed by atoms with Crippen LogP contribution < -0.4 is 18.9 Å². The average Bonchev–Trinajstić information content (AvgIpc) is 3.09. The summed E-state index contributed by atoms with van der Waals surface area (Å²) in [6.45, 7) is 10.5. The molecule has 0 fully saturated rings. The standard InChI is InChI=1S/C42H42O4/c1-5-43-37-21-13-33(14-22-37)41(34-15-23-38(24-16-34)44-6-2)29-31-9-11-32(12-10-31)30-42(35-17-25-39(26-18-35)45-7-3)36-19-27-40(28-20-36)46-8-4/h9-30H,5-8H2,1-4H3. The Morgan fingerprint density at radius 2 is 0.565 bits per heavy atom. The lowest BCUT2D eigenvalue weighted by Gasteiger charge is -2.13. The highest BCUT2D eigenvalue weighted by atomic mass is 16.5. The molecule has 5 aromatic rings. The van der Waals surface area contributed by atoms with E-state index in [2.05, 4.69) is 84.9 Å². The van der Waals surface area contributed by atoms with Gasteiger partial charge in [-0.1, -0.05) is 72.8 Å². The third-order valence-corrected chi connectivity index (χ3v) is 7.46. The van der Waals surface area contributed by atoms with Gasteiger partial charge in [0.25, 0.3) is 0 Å². The van der Waals surface area contributed by atoms with Crippen LogP contribution in [0, 0.1) is 0 Å². The van der Waals surface area contributed by atoms with Crippen LogP contribution in [0.1, 0.15) is 61.1 Å². The molecule has 0 aliphatic heterocycles. The lowest BCUT2D eigenvalue weighted by Crippen LogP contribution is -1.94. The summed E-state index contributed by atoms with van der Waals surface area (Å²) in [6, 6.07) is 41.8. The molecular weight excluding hydrogens is 568 g/mol. The Morgan fingerprint density at radius 1 is 0.348 bits per heavy atom. The maximum absolute atomic E-state index is 5.70. The van der Waals surface area contributed by atoms with Crippen molar-refractivity contribution in [2.75, 3.05) is 26.4 Å². The molecule has 0 saturated heterocycles. The molecule has 0 atom stereocenters. The van der Waals surface area contributed by atoms with Crippen molar-refractivity contribution in [1.29, 1.82) is 0 Å². The monoisotopic (exact) mass is 610 g/mol. The van der Waals surface area contributed by atoms with E-state index >= 15 is 0 Å². The van der Waals surface area contributed by atoms with Crippen LogP contribution in [0.15, 0.2) is 121 Å². The molecule has 0 bridgehead atoms. The van der Waals surface area contributed by atoms with E-state index in [1.54, 1.807) is 0 Å². The van der Waals surface area contributed by atoms with Crippen LogP contribution in [-0.2, 0) is 0 Å². The fourth-order valence-corrected chi connectivity index (χ4v) is 5.28. The van der Waals surface area contributed by atoms with E-state index in [0.29, 0.717) is 26.4 Å². The SMILES string of the molecule is CCOc1ccc(C(=Cc2ccc(C=C(c3ccc(OCC)cc3)c3ccc(OCC)cc3)cc2)c2ccc(OCC)cc2)cc1. The Bertz CT molecular complexity index is 1480. The van der Waals surface area contributed by atoms with Gasteiger partial charge < -0.3 is 18.9 Å². The van der Waals surface area contributed by atoms with Crippen molar-refractivity contribution in [1.82, 2.24) is 0 Å². The Morgan fingerprint density at radius 3 is 0.761 bits per heavy atom. The highest BCUT2D eigenvalue weighted by Gasteiger charge is 2.10. The summed E-state index contributed by atoms with van der Waals surface area (Å²) >= 11 is 0. The van der Waals surface area contributed by atoms with E-state index in [1.807, 2.05) is 76.2 Å². The number of hydrogen-bond acceptors (Lipinski definition) is 4. The fourth-order valence-electron chi connectivity index (χ4n) is 5.28. The maximum Gasteiger partial charge on any atom is 0.119 e. The molecule has 0 aromatic heterocycles. The van der Waals surface area contributed by atoms with E-state index in [1.165, 1.54) is 0 Å². The highest BCUT2D eigenvalue weighted by Crippen LogP contribution is 2.31. The van der Waals surface area contributed by atoms with Crippen LogP contribution in [0.5, 0.6) is 23.0 Å². The summed E-state index contributed by atoms with van der Waals surface area (Å²) in [5, 5.41) is 0. The molecule has 234 valence electrons. The first-order chi connectivity index (χ1) is 22.6. The first-order valence-corrected chi connectivity index (χ1v) is 16.1. The number of ether oxygens (including phenoxy) is 4. The number of rotatable bonds is 14. The lowest BCUT2D eigenvalue weighted by atomic mass is 9.94. The summed E-state index contributed by atoms with van der Waals surface area (Å²) in [6.07, 6.45) is 4.47. The second-order valence-electron chi connectivity index (χ2n) is 10.6. The Balaban J connectivity index is 1.50. The van der Waals surface area contributed by atoms with Gasteiger partial charge in [-0.2, -0.15) is 0 Å². The molecule has 0 aliphatic carbocycles.